The fourth-order valence-corrected chi connectivity index (χ4v) is 2.40. The molecule has 2 heterocycles. The predicted octanol–water partition coefficient (Wildman–Crippen LogP) is 4.75. The molecule has 0 radical (unpaired) electrons. The van der Waals surface area contributed by atoms with Crippen molar-refractivity contribution < 1.29 is 0 Å². The lowest BCUT2D eigenvalue weighted by Crippen LogP contribution is -1.99. The second-order valence-electron chi connectivity index (χ2n) is 5.01. The van der Waals surface area contributed by atoms with Crippen molar-refractivity contribution in [3.8, 4) is 11.4 Å². The largest absolute Gasteiger partial charge is 0.340 e. The van der Waals surface area contributed by atoms with E-state index in [-0.39, 0.29) is 0 Å². The van der Waals surface area contributed by atoms with E-state index in [0.29, 0.717) is 0 Å². The molecule has 0 aliphatic heterocycles. The Morgan fingerprint density at radius 1 is 1.09 bits per heavy atom. The van der Waals surface area contributed by atoms with Crippen molar-refractivity contribution in [2.24, 2.45) is 0 Å². The number of hydrogen-bond acceptors (Lipinski definition) is 3. The summed E-state index contributed by atoms with van der Waals surface area (Å²) in [6.07, 6.45) is 6.74. The highest BCUT2D eigenvalue weighted by Gasteiger charge is 2.06. The third-order valence-corrected chi connectivity index (χ3v) is 3.57. The van der Waals surface area contributed by atoms with Crippen LogP contribution >= 0.6 is 11.6 Å². The van der Waals surface area contributed by atoms with Gasteiger partial charge in [0.2, 0.25) is 0 Å². The van der Waals surface area contributed by atoms with Crippen LogP contribution in [0.1, 0.15) is 13.3 Å². The third kappa shape index (κ3) is 3.28. The Hall–Kier alpha value is -2.33. The molecule has 0 atom stereocenters. The minimum Gasteiger partial charge on any atom is -0.340 e. The van der Waals surface area contributed by atoms with Crippen molar-refractivity contribution in [3.63, 3.8) is 0 Å². The summed E-state index contributed by atoms with van der Waals surface area (Å²) < 4.78 is 2.14. The molecule has 22 heavy (non-hydrogen) atoms. The van der Waals surface area contributed by atoms with Crippen LogP contribution in [0, 0.1) is 0 Å². The second kappa shape index (κ2) is 6.62. The van der Waals surface area contributed by atoms with E-state index in [1.165, 1.54) is 0 Å². The smallest absolute Gasteiger partial charge is 0.141 e. The molecule has 0 saturated carbocycles. The normalized spacial score (nSPS) is 10.6. The van der Waals surface area contributed by atoms with Crippen LogP contribution < -0.4 is 5.32 Å². The average molecular weight is 313 g/mol. The van der Waals surface area contributed by atoms with Crippen molar-refractivity contribution in [2.45, 2.75) is 19.9 Å². The van der Waals surface area contributed by atoms with Gasteiger partial charge in [0.15, 0.2) is 0 Å². The van der Waals surface area contributed by atoms with Gasteiger partial charge in [-0.2, -0.15) is 0 Å². The molecule has 0 spiro atoms. The minimum atomic E-state index is 0.719. The molecule has 1 N–H and O–H groups in total. The van der Waals surface area contributed by atoms with Gasteiger partial charge in [0.25, 0.3) is 0 Å². The van der Waals surface area contributed by atoms with Crippen molar-refractivity contribution in [2.75, 3.05) is 5.32 Å². The van der Waals surface area contributed by atoms with Crippen LogP contribution in [0.3, 0.4) is 0 Å². The number of nitrogens with zero attached hydrogens (tertiary/aromatic N) is 3. The summed E-state index contributed by atoms with van der Waals surface area (Å²) in [5.41, 5.74) is 1.97. The fourth-order valence-electron chi connectivity index (χ4n) is 2.27. The van der Waals surface area contributed by atoms with Crippen molar-refractivity contribution in [3.05, 3.63) is 60.0 Å². The highest BCUT2D eigenvalue weighted by atomic mass is 35.5. The maximum atomic E-state index is 5.88. The van der Waals surface area contributed by atoms with E-state index >= 15 is 0 Å². The van der Waals surface area contributed by atoms with E-state index in [1.54, 1.807) is 0 Å². The minimum absolute atomic E-state index is 0.719. The quantitative estimate of drug-likeness (QED) is 0.739. The van der Waals surface area contributed by atoms with Gasteiger partial charge in [-0.3, -0.25) is 0 Å². The number of anilines is 2. The Morgan fingerprint density at radius 2 is 1.91 bits per heavy atom. The fraction of sp³-hybridized carbons (Fsp3) is 0.176. The van der Waals surface area contributed by atoms with Crippen LogP contribution in [-0.4, -0.2) is 14.5 Å². The summed E-state index contributed by atoms with van der Waals surface area (Å²) in [7, 11) is 0. The predicted molar refractivity (Wildman–Crippen MR) is 90.5 cm³/mol. The molecule has 0 saturated heterocycles. The summed E-state index contributed by atoms with van der Waals surface area (Å²) in [5.74, 6) is 1.74. The lowest BCUT2D eigenvalue weighted by molar-refractivity contribution is 0.685. The van der Waals surface area contributed by atoms with Gasteiger partial charge in [-0.15, -0.1) is 0 Å². The van der Waals surface area contributed by atoms with Crippen LogP contribution in [0.25, 0.3) is 11.4 Å². The molecule has 0 aliphatic rings. The zero-order valence-electron chi connectivity index (χ0n) is 12.3. The maximum Gasteiger partial charge on any atom is 0.141 e. The van der Waals surface area contributed by atoms with E-state index in [1.807, 2.05) is 55.0 Å². The maximum absolute atomic E-state index is 5.88. The zero-order valence-corrected chi connectivity index (χ0v) is 13.1. The van der Waals surface area contributed by atoms with Crippen molar-refractivity contribution in [1.29, 1.82) is 0 Å². The number of rotatable bonds is 5. The third-order valence-electron chi connectivity index (χ3n) is 3.32. The number of pyridine rings is 1. The first kappa shape index (κ1) is 14.6. The lowest BCUT2D eigenvalue weighted by Gasteiger charge is -2.08. The van der Waals surface area contributed by atoms with E-state index in [4.69, 9.17) is 11.6 Å². The topological polar surface area (TPSA) is 42.7 Å². The van der Waals surface area contributed by atoms with E-state index in [0.717, 1.165) is 40.9 Å². The van der Waals surface area contributed by atoms with Gasteiger partial charge < -0.3 is 9.88 Å². The standard InChI is InChI=1S/C17H17ClN4/c1-2-10-22-11-9-19-17(22)13-3-8-16(20-12-13)21-15-6-4-14(18)5-7-15/h3-9,11-12H,2,10H2,1H3,(H,20,21). The molecular formula is C17H17ClN4. The van der Waals surface area contributed by atoms with Gasteiger partial charge in [0, 0.05) is 41.4 Å². The molecule has 0 amide bonds. The second-order valence-corrected chi connectivity index (χ2v) is 5.44. The Labute approximate surface area is 134 Å². The highest BCUT2D eigenvalue weighted by Crippen LogP contribution is 2.21. The van der Waals surface area contributed by atoms with Crippen molar-refractivity contribution in [1.82, 2.24) is 14.5 Å². The number of aryl methyl sites for hydroxylation is 1. The molecule has 0 aliphatic carbocycles. The molecule has 0 fully saturated rings. The van der Waals surface area contributed by atoms with E-state index in [9.17, 15) is 0 Å². The van der Waals surface area contributed by atoms with Gasteiger partial charge in [-0.25, -0.2) is 9.97 Å². The molecule has 0 bridgehead atoms. The Morgan fingerprint density at radius 3 is 2.59 bits per heavy atom. The summed E-state index contributed by atoms with van der Waals surface area (Å²) in [5, 5.41) is 3.97. The summed E-state index contributed by atoms with van der Waals surface area (Å²) in [4.78, 5) is 8.87. The monoisotopic (exact) mass is 312 g/mol. The Kier molecular flexibility index (Phi) is 4.39. The van der Waals surface area contributed by atoms with Gasteiger partial charge in [-0.1, -0.05) is 18.5 Å². The summed E-state index contributed by atoms with van der Waals surface area (Å²) in [6, 6.07) is 11.5. The molecule has 1 aromatic carbocycles. The first-order valence-electron chi connectivity index (χ1n) is 7.26. The SMILES string of the molecule is CCCn1ccnc1-c1ccc(Nc2ccc(Cl)cc2)nc1. The van der Waals surface area contributed by atoms with E-state index < -0.39 is 0 Å². The molecule has 3 rings (SSSR count). The van der Waals surface area contributed by atoms with Gasteiger partial charge in [0.1, 0.15) is 11.6 Å². The van der Waals surface area contributed by atoms with Crippen molar-refractivity contribution >= 4 is 23.1 Å². The molecule has 112 valence electrons. The number of benzene rings is 1. The zero-order chi connectivity index (χ0) is 15.4. The first-order chi connectivity index (χ1) is 10.8. The summed E-state index contributed by atoms with van der Waals surface area (Å²) in [6.45, 7) is 3.11. The molecule has 0 unspecified atom stereocenters. The molecule has 2 aromatic heterocycles. The number of hydrogen-bond donors (Lipinski definition) is 1. The number of halogens is 1. The van der Waals surface area contributed by atoms with Gasteiger partial charge in [-0.05, 0) is 42.8 Å². The Bertz CT molecular complexity index is 732. The van der Waals surface area contributed by atoms with Crippen LogP contribution in [0.5, 0.6) is 0 Å². The van der Waals surface area contributed by atoms with Gasteiger partial charge >= 0.3 is 0 Å². The number of imidazole rings is 1. The molecule has 4 nitrogen and oxygen atoms in total. The van der Waals surface area contributed by atoms with E-state index in [2.05, 4.69) is 26.8 Å². The summed E-state index contributed by atoms with van der Waals surface area (Å²) >= 11 is 5.88. The lowest BCUT2D eigenvalue weighted by atomic mass is 10.2. The molecule has 3 aromatic rings. The average Bonchev–Trinajstić information content (AvgIpc) is 2.99. The van der Waals surface area contributed by atoms with Crippen LogP contribution in [0.15, 0.2) is 55.0 Å². The first-order valence-corrected chi connectivity index (χ1v) is 7.64. The van der Waals surface area contributed by atoms with Crippen LogP contribution in [0.4, 0.5) is 11.5 Å². The number of aromatic nitrogens is 3. The van der Waals surface area contributed by atoms with Crippen LogP contribution in [-0.2, 0) is 6.54 Å². The Balaban J connectivity index is 1.77. The highest BCUT2D eigenvalue weighted by molar-refractivity contribution is 6.30. The molecule has 5 heteroatoms. The van der Waals surface area contributed by atoms with Crippen LogP contribution in [0.2, 0.25) is 5.02 Å². The molecular weight excluding hydrogens is 296 g/mol. The van der Waals surface area contributed by atoms with Gasteiger partial charge in [0.05, 0.1) is 0 Å². The number of nitrogens with one attached hydrogen (secondary N) is 1.